The van der Waals surface area contributed by atoms with E-state index in [1.807, 2.05) is 0 Å². The Kier molecular flexibility index (Phi) is 6.70. The number of hydrogen-bond acceptors (Lipinski definition) is 4. The molecule has 0 aliphatic carbocycles. The third kappa shape index (κ3) is 5.19. The molecule has 0 amide bonds. The van der Waals surface area contributed by atoms with Crippen molar-refractivity contribution in [2.75, 3.05) is 19.2 Å². The van der Waals surface area contributed by atoms with Crippen LogP contribution in [0.2, 0.25) is 0 Å². The molecule has 1 N–H and O–H groups in total. The quantitative estimate of drug-likeness (QED) is 0.674. The largest absolute Gasteiger partial charge is 0.467 e. The van der Waals surface area contributed by atoms with Crippen LogP contribution in [0.15, 0.2) is 41.3 Å². The molecule has 0 radical (unpaired) electrons. The molecule has 3 rings (SSSR count). The minimum absolute atomic E-state index is 0.105. The zero-order valence-corrected chi connectivity index (χ0v) is 16.3. The summed E-state index contributed by atoms with van der Waals surface area (Å²) >= 11 is 5.67. The molecule has 146 valence electrons. The summed E-state index contributed by atoms with van der Waals surface area (Å²) in [5.41, 5.74) is 2.29. The van der Waals surface area contributed by atoms with Crippen LogP contribution in [0.25, 0.3) is 0 Å². The number of ether oxygens (including phenoxy) is 2. The van der Waals surface area contributed by atoms with Gasteiger partial charge in [-0.2, -0.15) is 0 Å². The van der Waals surface area contributed by atoms with Crippen LogP contribution in [-0.4, -0.2) is 27.6 Å². The molecule has 1 aliphatic rings. The minimum atomic E-state index is -3.63. The van der Waals surface area contributed by atoms with Gasteiger partial charge in [0.1, 0.15) is 11.6 Å². The molecule has 0 aromatic heterocycles. The van der Waals surface area contributed by atoms with Crippen molar-refractivity contribution in [1.82, 2.24) is 4.72 Å². The van der Waals surface area contributed by atoms with Crippen LogP contribution in [-0.2, 0) is 34.2 Å². The monoisotopic (exact) mass is 413 g/mol. The molecule has 0 atom stereocenters. The smallest absolute Gasteiger partial charge is 0.240 e. The van der Waals surface area contributed by atoms with Crippen molar-refractivity contribution in [1.29, 1.82) is 0 Å². The first-order valence-corrected chi connectivity index (χ1v) is 10.7. The summed E-state index contributed by atoms with van der Waals surface area (Å²) in [5, 5.41) is 0. The number of halogens is 2. The fourth-order valence-corrected chi connectivity index (χ4v) is 4.12. The number of hydrogen-bond donors (Lipinski definition) is 1. The Balaban J connectivity index is 1.64. The van der Waals surface area contributed by atoms with E-state index in [0.717, 1.165) is 18.4 Å². The van der Waals surface area contributed by atoms with Gasteiger partial charge in [0.25, 0.3) is 0 Å². The van der Waals surface area contributed by atoms with Crippen molar-refractivity contribution in [3.8, 4) is 5.75 Å². The number of alkyl halides is 1. The summed E-state index contributed by atoms with van der Waals surface area (Å²) in [7, 11) is -3.63. The fourth-order valence-electron chi connectivity index (χ4n) is 2.95. The molecule has 0 spiro atoms. The van der Waals surface area contributed by atoms with Crippen LogP contribution in [0.5, 0.6) is 5.75 Å². The van der Waals surface area contributed by atoms with E-state index in [-0.39, 0.29) is 24.8 Å². The highest BCUT2D eigenvalue weighted by Crippen LogP contribution is 2.29. The van der Waals surface area contributed by atoms with E-state index >= 15 is 0 Å². The molecule has 5 nitrogen and oxygen atoms in total. The van der Waals surface area contributed by atoms with Crippen molar-refractivity contribution in [2.45, 2.75) is 30.8 Å². The van der Waals surface area contributed by atoms with Gasteiger partial charge in [0.05, 0.1) is 11.5 Å². The van der Waals surface area contributed by atoms with Gasteiger partial charge in [-0.1, -0.05) is 12.1 Å². The van der Waals surface area contributed by atoms with Crippen LogP contribution in [0, 0.1) is 5.82 Å². The molecule has 0 unspecified atom stereocenters. The molecule has 0 fully saturated rings. The topological polar surface area (TPSA) is 64.6 Å². The van der Waals surface area contributed by atoms with E-state index in [2.05, 4.69) is 4.72 Å². The molecule has 27 heavy (non-hydrogen) atoms. The van der Waals surface area contributed by atoms with Gasteiger partial charge in [-0.15, -0.1) is 11.6 Å². The summed E-state index contributed by atoms with van der Waals surface area (Å²) in [6.45, 7) is 0.520. The molecule has 0 saturated heterocycles. The summed E-state index contributed by atoms with van der Waals surface area (Å²) in [6, 6.07) is 9.47. The van der Waals surface area contributed by atoms with Crippen molar-refractivity contribution < 1.29 is 22.3 Å². The lowest BCUT2D eigenvalue weighted by molar-refractivity contribution is -0.0172. The van der Waals surface area contributed by atoms with E-state index < -0.39 is 15.8 Å². The van der Waals surface area contributed by atoms with Gasteiger partial charge in [0.15, 0.2) is 6.79 Å². The predicted octanol–water partition coefficient (Wildman–Crippen LogP) is 3.38. The molecule has 2 aromatic carbocycles. The predicted molar refractivity (Wildman–Crippen MR) is 101 cm³/mol. The summed E-state index contributed by atoms with van der Waals surface area (Å²) in [4.78, 5) is 0.197. The summed E-state index contributed by atoms with van der Waals surface area (Å²) in [6.07, 6.45) is 1.97. The number of aryl methyl sites for hydroxylation is 1. The maximum Gasteiger partial charge on any atom is 0.240 e. The molecule has 0 saturated carbocycles. The minimum Gasteiger partial charge on any atom is -0.467 e. The Morgan fingerprint density at radius 2 is 1.93 bits per heavy atom. The lowest BCUT2D eigenvalue weighted by Gasteiger charge is -2.21. The highest BCUT2D eigenvalue weighted by Gasteiger charge is 2.18. The van der Waals surface area contributed by atoms with Gasteiger partial charge in [-0.25, -0.2) is 17.5 Å². The first-order valence-electron chi connectivity index (χ1n) is 8.66. The van der Waals surface area contributed by atoms with Crippen molar-refractivity contribution >= 4 is 21.6 Å². The lowest BCUT2D eigenvalue weighted by atomic mass is 10.1. The van der Waals surface area contributed by atoms with Crippen molar-refractivity contribution in [2.24, 2.45) is 0 Å². The van der Waals surface area contributed by atoms with E-state index in [9.17, 15) is 12.8 Å². The van der Waals surface area contributed by atoms with E-state index in [1.165, 1.54) is 12.1 Å². The number of fused-ring (bicyclic) bond motifs is 1. The third-order valence-electron chi connectivity index (χ3n) is 4.27. The van der Waals surface area contributed by atoms with Gasteiger partial charge in [-0.3, -0.25) is 0 Å². The molecule has 1 aliphatic heterocycles. The van der Waals surface area contributed by atoms with Gasteiger partial charge in [-0.05, 0) is 54.7 Å². The Morgan fingerprint density at radius 1 is 1.15 bits per heavy atom. The van der Waals surface area contributed by atoms with Crippen molar-refractivity contribution in [3.05, 3.63) is 58.9 Å². The average molecular weight is 414 g/mol. The molecular weight excluding hydrogens is 393 g/mol. The summed E-state index contributed by atoms with van der Waals surface area (Å²) < 4.78 is 51.8. The molecule has 2 aromatic rings. The third-order valence-corrected chi connectivity index (χ3v) is 6.02. The van der Waals surface area contributed by atoms with E-state index in [0.29, 0.717) is 29.2 Å². The molecule has 0 bridgehead atoms. The van der Waals surface area contributed by atoms with Gasteiger partial charge in [0.2, 0.25) is 10.0 Å². The second kappa shape index (κ2) is 9.01. The highest BCUT2D eigenvalue weighted by atomic mass is 35.5. The van der Waals surface area contributed by atoms with Crippen LogP contribution in [0.3, 0.4) is 0 Å². The van der Waals surface area contributed by atoms with Gasteiger partial charge in [0, 0.05) is 18.0 Å². The SMILES string of the molecule is O=S(=O)(NCCc1cc(F)cc2c1OCOC2)c1ccc(CCCCl)cc1. The second-order valence-corrected chi connectivity index (χ2v) is 8.39. The Bertz CT molecular complexity index is 887. The number of sulfonamides is 1. The zero-order valence-electron chi connectivity index (χ0n) is 14.7. The van der Waals surface area contributed by atoms with E-state index in [4.69, 9.17) is 21.1 Å². The molecular formula is C19H21ClFNO4S. The lowest BCUT2D eigenvalue weighted by Crippen LogP contribution is -2.26. The second-order valence-electron chi connectivity index (χ2n) is 6.25. The Labute approximate surface area is 163 Å². The first-order chi connectivity index (χ1) is 13.0. The number of benzene rings is 2. The van der Waals surface area contributed by atoms with Crippen LogP contribution < -0.4 is 9.46 Å². The van der Waals surface area contributed by atoms with Crippen LogP contribution in [0.4, 0.5) is 4.39 Å². The maximum absolute atomic E-state index is 13.7. The first kappa shape index (κ1) is 20.1. The standard InChI is InChI=1S/C19H21ClFNO4S/c20-8-1-2-14-3-5-18(6-4-14)27(23,24)22-9-7-15-10-17(21)11-16-12-25-13-26-19(15)16/h3-6,10-11,22H,1-2,7-9,12-13H2. The van der Waals surface area contributed by atoms with E-state index in [1.54, 1.807) is 24.3 Å². The average Bonchev–Trinajstić information content (AvgIpc) is 2.66. The van der Waals surface area contributed by atoms with Crippen molar-refractivity contribution in [3.63, 3.8) is 0 Å². The number of rotatable bonds is 8. The molecule has 1 heterocycles. The Hall–Kier alpha value is -1.67. The van der Waals surface area contributed by atoms with Crippen LogP contribution >= 0.6 is 11.6 Å². The highest BCUT2D eigenvalue weighted by molar-refractivity contribution is 7.89. The Morgan fingerprint density at radius 3 is 2.67 bits per heavy atom. The van der Waals surface area contributed by atoms with Crippen LogP contribution in [0.1, 0.15) is 23.1 Å². The number of nitrogens with one attached hydrogen (secondary N) is 1. The fraction of sp³-hybridized carbons (Fsp3) is 0.368. The molecule has 8 heteroatoms. The maximum atomic E-state index is 13.7. The van der Waals surface area contributed by atoms with Gasteiger partial charge >= 0.3 is 0 Å². The normalized spacial score (nSPS) is 13.9. The zero-order chi connectivity index (χ0) is 19.3. The van der Waals surface area contributed by atoms with Gasteiger partial charge < -0.3 is 9.47 Å². The summed E-state index contributed by atoms with van der Waals surface area (Å²) in [5.74, 6) is 0.750.